The number of aliphatic hydroxyl groups is 1. The zero-order valence-electron chi connectivity index (χ0n) is 6.84. The molecule has 0 amide bonds. The lowest BCUT2D eigenvalue weighted by Crippen LogP contribution is -1.92. The lowest BCUT2D eigenvalue weighted by atomic mass is 10.3. The first-order valence-corrected chi connectivity index (χ1v) is 4.71. The van der Waals surface area contributed by atoms with Gasteiger partial charge in [-0.15, -0.1) is 11.8 Å². The average molecular weight is 199 g/mol. The summed E-state index contributed by atoms with van der Waals surface area (Å²) in [5.74, 6) is 0.477. The van der Waals surface area contributed by atoms with E-state index in [4.69, 9.17) is 5.11 Å². The molecule has 1 aromatic carbocycles. The second-order valence-corrected chi connectivity index (χ2v) is 3.43. The monoisotopic (exact) mass is 199 g/mol. The van der Waals surface area contributed by atoms with E-state index < -0.39 is 4.92 Å². The van der Waals surface area contributed by atoms with Crippen LogP contribution in [0.25, 0.3) is 0 Å². The Morgan fingerprint density at radius 3 is 2.77 bits per heavy atom. The molecule has 13 heavy (non-hydrogen) atoms. The third kappa shape index (κ3) is 2.71. The summed E-state index contributed by atoms with van der Waals surface area (Å²) in [6, 6.07) is 6.51. The van der Waals surface area contributed by atoms with Crippen LogP contribution in [0, 0.1) is 10.1 Å². The molecule has 0 heterocycles. The van der Waals surface area contributed by atoms with Crippen molar-refractivity contribution in [1.82, 2.24) is 0 Å². The molecule has 0 bridgehead atoms. The maximum Gasteiger partial charge on any atom is 0.282 e. The lowest BCUT2D eigenvalue weighted by Gasteiger charge is -1.99. The van der Waals surface area contributed by atoms with Crippen molar-refractivity contribution >= 4 is 17.4 Å². The SMILES string of the molecule is O=[N+]([O-])c1ccccc1SCCO. The Hall–Kier alpha value is -1.07. The smallest absolute Gasteiger partial charge is 0.282 e. The number of nitro benzene ring substituents is 1. The zero-order valence-corrected chi connectivity index (χ0v) is 7.66. The molecule has 0 atom stereocenters. The summed E-state index contributed by atoms with van der Waals surface area (Å²) in [6.07, 6.45) is 0. The molecule has 0 aliphatic carbocycles. The van der Waals surface area contributed by atoms with Gasteiger partial charge in [-0.1, -0.05) is 12.1 Å². The minimum absolute atomic E-state index is 0.0245. The molecule has 0 spiro atoms. The number of benzene rings is 1. The van der Waals surface area contributed by atoms with E-state index in [0.29, 0.717) is 10.6 Å². The molecule has 1 aromatic rings. The van der Waals surface area contributed by atoms with E-state index in [1.54, 1.807) is 18.2 Å². The lowest BCUT2D eigenvalue weighted by molar-refractivity contribution is -0.387. The summed E-state index contributed by atoms with van der Waals surface area (Å²) >= 11 is 1.28. The van der Waals surface area contributed by atoms with Gasteiger partial charge in [0.2, 0.25) is 0 Å². The molecule has 5 heteroatoms. The average Bonchev–Trinajstić information content (AvgIpc) is 2.15. The fourth-order valence-corrected chi connectivity index (χ4v) is 1.66. The van der Waals surface area contributed by atoms with Crippen LogP contribution in [-0.2, 0) is 0 Å². The van der Waals surface area contributed by atoms with Gasteiger partial charge >= 0.3 is 0 Å². The fraction of sp³-hybridized carbons (Fsp3) is 0.250. The van der Waals surface area contributed by atoms with Crippen molar-refractivity contribution in [3.8, 4) is 0 Å². The number of para-hydroxylation sites is 1. The van der Waals surface area contributed by atoms with Gasteiger partial charge in [-0.2, -0.15) is 0 Å². The zero-order chi connectivity index (χ0) is 9.68. The number of thioether (sulfide) groups is 1. The second-order valence-electron chi connectivity index (χ2n) is 2.30. The highest BCUT2D eigenvalue weighted by molar-refractivity contribution is 7.99. The van der Waals surface area contributed by atoms with Crippen LogP contribution in [0.3, 0.4) is 0 Å². The van der Waals surface area contributed by atoms with Crippen LogP contribution >= 0.6 is 11.8 Å². The van der Waals surface area contributed by atoms with Gasteiger partial charge in [0.15, 0.2) is 0 Å². The normalized spacial score (nSPS) is 9.92. The third-order valence-electron chi connectivity index (χ3n) is 1.41. The Balaban J connectivity index is 2.84. The van der Waals surface area contributed by atoms with Crippen molar-refractivity contribution < 1.29 is 10.0 Å². The molecule has 4 nitrogen and oxygen atoms in total. The topological polar surface area (TPSA) is 63.4 Å². The van der Waals surface area contributed by atoms with Gasteiger partial charge in [-0.25, -0.2) is 0 Å². The first-order valence-electron chi connectivity index (χ1n) is 3.73. The van der Waals surface area contributed by atoms with E-state index in [-0.39, 0.29) is 12.3 Å². The highest BCUT2D eigenvalue weighted by Crippen LogP contribution is 2.27. The number of nitro groups is 1. The molecular formula is C8H9NO3S. The molecule has 70 valence electrons. The van der Waals surface area contributed by atoms with E-state index in [1.807, 2.05) is 0 Å². The summed E-state index contributed by atoms with van der Waals surface area (Å²) < 4.78 is 0. The number of nitrogens with zero attached hydrogens (tertiary/aromatic N) is 1. The van der Waals surface area contributed by atoms with Crippen molar-refractivity contribution in [2.75, 3.05) is 12.4 Å². The highest BCUT2D eigenvalue weighted by Gasteiger charge is 2.11. The number of aliphatic hydroxyl groups excluding tert-OH is 1. The molecule has 0 aromatic heterocycles. The van der Waals surface area contributed by atoms with Crippen LogP contribution in [0.1, 0.15) is 0 Å². The first kappa shape index (κ1) is 10.0. The minimum Gasteiger partial charge on any atom is -0.396 e. The quantitative estimate of drug-likeness (QED) is 0.455. The third-order valence-corrected chi connectivity index (χ3v) is 2.45. The summed E-state index contributed by atoms with van der Waals surface area (Å²) in [6.45, 7) is 0.0245. The van der Waals surface area contributed by atoms with Gasteiger partial charge in [-0.05, 0) is 6.07 Å². The van der Waals surface area contributed by atoms with Crippen LogP contribution in [-0.4, -0.2) is 22.4 Å². The maximum atomic E-state index is 10.5. The van der Waals surface area contributed by atoms with Gasteiger partial charge in [0.25, 0.3) is 5.69 Å². The summed E-state index contributed by atoms with van der Waals surface area (Å²) in [7, 11) is 0. The predicted octanol–water partition coefficient (Wildman–Crippen LogP) is 1.68. The Bertz CT molecular complexity index is 303. The summed E-state index contributed by atoms with van der Waals surface area (Å²) in [5, 5.41) is 19.1. The van der Waals surface area contributed by atoms with Crippen LogP contribution in [0.5, 0.6) is 0 Å². The molecule has 0 aliphatic rings. The van der Waals surface area contributed by atoms with Gasteiger partial charge in [0, 0.05) is 11.8 Å². The Labute approximate surface area is 79.7 Å². The van der Waals surface area contributed by atoms with E-state index in [2.05, 4.69) is 0 Å². The van der Waals surface area contributed by atoms with Crippen molar-refractivity contribution in [2.45, 2.75) is 4.90 Å². The standard InChI is InChI=1S/C8H9NO3S/c10-5-6-13-8-4-2-1-3-7(8)9(11)12/h1-4,10H,5-6H2. The van der Waals surface area contributed by atoms with E-state index in [0.717, 1.165) is 0 Å². The molecule has 0 saturated heterocycles. The minimum atomic E-state index is -0.417. The van der Waals surface area contributed by atoms with Crippen molar-refractivity contribution in [3.05, 3.63) is 34.4 Å². The van der Waals surface area contributed by atoms with Crippen LogP contribution in [0.4, 0.5) is 5.69 Å². The van der Waals surface area contributed by atoms with Crippen LogP contribution in [0.15, 0.2) is 29.2 Å². The summed E-state index contributed by atoms with van der Waals surface area (Å²) in [4.78, 5) is 10.7. The molecular weight excluding hydrogens is 190 g/mol. The first-order chi connectivity index (χ1) is 6.25. The van der Waals surface area contributed by atoms with Crippen LogP contribution < -0.4 is 0 Å². The van der Waals surface area contributed by atoms with E-state index >= 15 is 0 Å². The van der Waals surface area contributed by atoms with Crippen LogP contribution in [0.2, 0.25) is 0 Å². The molecule has 0 saturated carbocycles. The molecule has 0 fully saturated rings. The molecule has 0 unspecified atom stereocenters. The molecule has 1 N–H and O–H groups in total. The van der Waals surface area contributed by atoms with Gasteiger partial charge < -0.3 is 5.11 Å². The van der Waals surface area contributed by atoms with E-state index in [9.17, 15) is 10.1 Å². The van der Waals surface area contributed by atoms with E-state index in [1.165, 1.54) is 17.8 Å². The summed E-state index contributed by atoms with van der Waals surface area (Å²) in [5.41, 5.74) is 0.0981. The maximum absolute atomic E-state index is 10.5. The van der Waals surface area contributed by atoms with Crippen molar-refractivity contribution in [3.63, 3.8) is 0 Å². The number of hydrogen-bond acceptors (Lipinski definition) is 4. The fourth-order valence-electron chi connectivity index (χ4n) is 0.886. The Kier molecular flexibility index (Phi) is 3.72. The number of rotatable bonds is 4. The van der Waals surface area contributed by atoms with Crippen molar-refractivity contribution in [1.29, 1.82) is 0 Å². The molecule has 0 radical (unpaired) electrons. The largest absolute Gasteiger partial charge is 0.396 e. The predicted molar refractivity (Wildman–Crippen MR) is 50.9 cm³/mol. The Morgan fingerprint density at radius 1 is 1.46 bits per heavy atom. The Morgan fingerprint density at radius 2 is 2.15 bits per heavy atom. The second kappa shape index (κ2) is 4.84. The van der Waals surface area contributed by atoms with Gasteiger partial charge in [-0.3, -0.25) is 10.1 Å². The van der Waals surface area contributed by atoms with Crippen molar-refractivity contribution in [2.24, 2.45) is 0 Å². The van der Waals surface area contributed by atoms with Gasteiger partial charge in [0.05, 0.1) is 16.4 Å². The highest BCUT2D eigenvalue weighted by atomic mass is 32.2. The number of hydrogen-bond donors (Lipinski definition) is 1. The van der Waals surface area contributed by atoms with Gasteiger partial charge in [0.1, 0.15) is 0 Å². The molecule has 0 aliphatic heterocycles. The molecule has 1 rings (SSSR count).